The van der Waals surface area contributed by atoms with Gasteiger partial charge in [-0.25, -0.2) is 4.39 Å². The zero-order valence-electron chi connectivity index (χ0n) is 10.00. The van der Waals surface area contributed by atoms with Crippen LogP contribution in [0.5, 0.6) is 0 Å². The molecule has 0 fully saturated rings. The molecule has 0 amide bonds. The van der Waals surface area contributed by atoms with E-state index in [1.165, 1.54) is 12.1 Å². The van der Waals surface area contributed by atoms with Crippen LogP contribution in [0, 0.1) is 5.82 Å². The fourth-order valence-corrected chi connectivity index (χ4v) is 2.23. The van der Waals surface area contributed by atoms with Crippen LogP contribution in [-0.4, -0.2) is 5.78 Å². The number of hydrogen-bond acceptors (Lipinski definition) is 1. The van der Waals surface area contributed by atoms with Gasteiger partial charge in [-0.2, -0.15) is 0 Å². The minimum Gasteiger partial charge on any atom is -0.299 e. The third kappa shape index (κ3) is 4.05. The lowest BCUT2D eigenvalue weighted by Gasteiger charge is -2.03. The fourth-order valence-electron chi connectivity index (χ4n) is 1.81. The van der Waals surface area contributed by atoms with E-state index in [-0.39, 0.29) is 17.2 Å². The van der Waals surface area contributed by atoms with Gasteiger partial charge in [0.05, 0.1) is 5.02 Å². The summed E-state index contributed by atoms with van der Waals surface area (Å²) in [5.74, 6) is -0.447. The first-order valence-electron chi connectivity index (χ1n) is 5.74. The average molecular weight is 297 g/mol. The van der Waals surface area contributed by atoms with Gasteiger partial charge >= 0.3 is 0 Å². The molecule has 0 saturated heterocycles. The van der Waals surface area contributed by atoms with Crippen LogP contribution in [0.25, 0.3) is 0 Å². The summed E-state index contributed by atoms with van der Waals surface area (Å²) in [6.07, 6.45) is 0.530. The molecule has 2 aromatic carbocycles. The molecule has 19 heavy (non-hydrogen) atoms. The number of rotatable bonds is 4. The molecule has 0 heterocycles. The van der Waals surface area contributed by atoms with Crippen LogP contribution in [-0.2, 0) is 17.6 Å². The first-order chi connectivity index (χ1) is 9.04. The molecule has 0 atom stereocenters. The van der Waals surface area contributed by atoms with Gasteiger partial charge in [-0.3, -0.25) is 4.79 Å². The Morgan fingerprint density at radius 3 is 2.32 bits per heavy atom. The topological polar surface area (TPSA) is 17.1 Å². The Kier molecular flexibility index (Phi) is 4.56. The summed E-state index contributed by atoms with van der Waals surface area (Å²) in [5.41, 5.74) is 1.57. The van der Waals surface area contributed by atoms with Gasteiger partial charge in [0, 0.05) is 17.9 Å². The molecule has 0 aliphatic heterocycles. The van der Waals surface area contributed by atoms with E-state index in [1.54, 1.807) is 24.3 Å². The number of benzene rings is 2. The SMILES string of the molecule is O=C(Cc1cccc(Cl)c1)Cc1ccc(F)c(Cl)c1. The molecule has 0 unspecified atom stereocenters. The maximum absolute atomic E-state index is 13.0. The Bertz CT molecular complexity index is 611. The van der Waals surface area contributed by atoms with E-state index in [2.05, 4.69) is 0 Å². The molecule has 1 nitrogen and oxygen atoms in total. The van der Waals surface area contributed by atoms with E-state index in [1.807, 2.05) is 6.07 Å². The largest absolute Gasteiger partial charge is 0.299 e. The summed E-state index contributed by atoms with van der Waals surface area (Å²) in [6, 6.07) is 11.5. The second-order valence-corrected chi connectivity index (χ2v) is 5.11. The monoisotopic (exact) mass is 296 g/mol. The summed E-state index contributed by atoms with van der Waals surface area (Å²) < 4.78 is 13.0. The molecular weight excluding hydrogens is 286 g/mol. The average Bonchev–Trinajstić information content (AvgIpc) is 2.34. The van der Waals surface area contributed by atoms with Crippen LogP contribution in [0.15, 0.2) is 42.5 Å². The van der Waals surface area contributed by atoms with Crippen LogP contribution in [0.2, 0.25) is 10.0 Å². The van der Waals surface area contributed by atoms with Crippen molar-refractivity contribution in [3.63, 3.8) is 0 Å². The van der Waals surface area contributed by atoms with E-state index in [0.717, 1.165) is 5.56 Å². The summed E-state index contributed by atoms with van der Waals surface area (Å²) in [4.78, 5) is 11.9. The number of halogens is 3. The molecule has 0 aliphatic rings. The molecule has 0 spiro atoms. The molecule has 0 aromatic heterocycles. The van der Waals surface area contributed by atoms with E-state index in [4.69, 9.17) is 23.2 Å². The zero-order valence-corrected chi connectivity index (χ0v) is 11.5. The molecule has 0 radical (unpaired) electrons. The number of carbonyl (C=O) groups excluding carboxylic acids is 1. The Labute approximate surface area is 121 Å². The summed E-state index contributed by atoms with van der Waals surface area (Å²) in [6.45, 7) is 0. The number of hydrogen-bond donors (Lipinski definition) is 0. The van der Waals surface area contributed by atoms with Crippen LogP contribution in [0.1, 0.15) is 11.1 Å². The highest BCUT2D eigenvalue weighted by Crippen LogP contribution is 2.17. The van der Waals surface area contributed by atoms with Crippen molar-refractivity contribution in [3.8, 4) is 0 Å². The lowest BCUT2D eigenvalue weighted by atomic mass is 10.0. The molecule has 0 N–H and O–H groups in total. The Morgan fingerprint density at radius 1 is 1.00 bits per heavy atom. The lowest BCUT2D eigenvalue weighted by molar-refractivity contribution is -0.117. The van der Waals surface area contributed by atoms with Gasteiger partial charge in [0.25, 0.3) is 0 Å². The van der Waals surface area contributed by atoms with Crippen LogP contribution >= 0.6 is 23.2 Å². The van der Waals surface area contributed by atoms with Crippen LogP contribution < -0.4 is 0 Å². The van der Waals surface area contributed by atoms with E-state index < -0.39 is 5.82 Å². The molecule has 4 heteroatoms. The normalized spacial score (nSPS) is 10.5. The quantitative estimate of drug-likeness (QED) is 0.812. The predicted molar refractivity (Wildman–Crippen MR) is 75.3 cm³/mol. The Hall–Kier alpha value is -1.38. The first kappa shape index (κ1) is 14.0. The molecule has 0 aliphatic carbocycles. The van der Waals surface area contributed by atoms with Gasteiger partial charge in [0.2, 0.25) is 0 Å². The highest BCUT2D eigenvalue weighted by atomic mass is 35.5. The van der Waals surface area contributed by atoms with Crippen molar-refractivity contribution >= 4 is 29.0 Å². The molecular formula is C15H11Cl2FO. The smallest absolute Gasteiger partial charge is 0.141 e. The minimum absolute atomic E-state index is 0.0324. The van der Waals surface area contributed by atoms with Crippen molar-refractivity contribution in [3.05, 3.63) is 69.5 Å². The van der Waals surface area contributed by atoms with Crippen molar-refractivity contribution in [2.24, 2.45) is 0 Å². The Balaban J connectivity index is 2.03. The van der Waals surface area contributed by atoms with Gasteiger partial charge < -0.3 is 0 Å². The summed E-state index contributed by atoms with van der Waals surface area (Å²) >= 11 is 11.5. The maximum Gasteiger partial charge on any atom is 0.141 e. The van der Waals surface area contributed by atoms with Crippen molar-refractivity contribution in [1.82, 2.24) is 0 Å². The summed E-state index contributed by atoms with van der Waals surface area (Å²) in [7, 11) is 0. The molecule has 0 saturated carbocycles. The van der Waals surface area contributed by atoms with Gasteiger partial charge in [0.15, 0.2) is 0 Å². The van der Waals surface area contributed by atoms with Gasteiger partial charge in [-0.15, -0.1) is 0 Å². The van der Waals surface area contributed by atoms with Crippen molar-refractivity contribution in [2.75, 3.05) is 0 Å². The third-order valence-electron chi connectivity index (χ3n) is 2.68. The van der Waals surface area contributed by atoms with Gasteiger partial charge in [-0.1, -0.05) is 41.4 Å². The van der Waals surface area contributed by atoms with Crippen LogP contribution in [0.4, 0.5) is 4.39 Å². The molecule has 2 aromatic rings. The lowest BCUT2D eigenvalue weighted by Crippen LogP contribution is -2.06. The summed E-state index contributed by atoms with van der Waals surface area (Å²) in [5, 5.41) is 0.642. The number of Topliss-reactive ketones (excluding diaryl/α,β-unsaturated/α-hetero) is 1. The minimum atomic E-state index is -0.479. The molecule has 2 rings (SSSR count). The maximum atomic E-state index is 13.0. The number of ketones is 1. The van der Waals surface area contributed by atoms with E-state index in [9.17, 15) is 9.18 Å². The second kappa shape index (κ2) is 6.18. The highest BCUT2D eigenvalue weighted by molar-refractivity contribution is 6.31. The van der Waals surface area contributed by atoms with Crippen molar-refractivity contribution < 1.29 is 9.18 Å². The standard InChI is InChI=1S/C15H11Cl2FO/c16-12-3-1-2-10(6-12)7-13(19)8-11-4-5-15(18)14(17)9-11/h1-6,9H,7-8H2. The van der Waals surface area contributed by atoms with E-state index >= 15 is 0 Å². The number of carbonyl (C=O) groups is 1. The molecule has 0 bridgehead atoms. The molecule has 98 valence electrons. The predicted octanol–water partition coefficient (Wildman–Crippen LogP) is 4.49. The third-order valence-corrected chi connectivity index (χ3v) is 3.20. The van der Waals surface area contributed by atoms with Crippen LogP contribution in [0.3, 0.4) is 0 Å². The second-order valence-electron chi connectivity index (χ2n) is 4.27. The Morgan fingerprint density at radius 2 is 1.68 bits per heavy atom. The zero-order chi connectivity index (χ0) is 13.8. The van der Waals surface area contributed by atoms with Crippen molar-refractivity contribution in [1.29, 1.82) is 0 Å². The van der Waals surface area contributed by atoms with Gasteiger partial charge in [-0.05, 0) is 35.4 Å². The highest BCUT2D eigenvalue weighted by Gasteiger charge is 2.08. The van der Waals surface area contributed by atoms with Crippen molar-refractivity contribution in [2.45, 2.75) is 12.8 Å². The van der Waals surface area contributed by atoms with Gasteiger partial charge in [0.1, 0.15) is 11.6 Å². The first-order valence-corrected chi connectivity index (χ1v) is 6.50. The van der Waals surface area contributed by atoms with E-state index in [0.29, 0.717) is 17.0 Å². The fraction of sp³-hybridized carbons (Fsp3) is 0.133.